The Morgan fingerprint density at radius 3 is 2.67 bits per heavy atom. The number of nitrogens with one attached hydrogen (secondary N) is 1. The predicted octanol–water partition coefficient (Wildman–Crippen LogP) is 3.71. The molecule has 1 atom stereocenters. The lowest BCUT2D eigenvalue weighted by molar-refractivity contribution is -0.123. The molecule has 8 heteroatoms. The first-order chi connectivity index (χ1) is 16.0. The fourth-order valence-electron chi connectivity index (χ4n) is 3.87. The summed E-state index contributed by atoms with van der Waals surface area (Å²) in [6, 6.07) is 11.6. The van der Waals surface area contributed by atoms with Crippen LogP contribution in [0.4, 0.5) is 5.69 Å². The van der Waals surface area contributed by atoms with Crippen molar-refractivity contribution in [1.29, 1.82) is 0 Å². The average Bonchev–Trinajstić information content (AvgIpc) is 3.06. The fraction of sp³-hybridized carbons (Fsp3) is 0.360. The molecule has 2 heterocycles. The van der Waals surface area contributed by atoms with Gasteiger partial charge in [0.05, 0.1) is 23.1 Å². The third kappa shape index (κ3) is 5.05. The van der Waals surface area contributed by atoms with E-state index in [1.807, 2.05) is 6.92 Å². The zero-order chi connectivity index (χ0) is 23.4. The summed E-state index contributed by atoms with van der Waals surface area (Å²) < 4.78 is 12.5. The number of esters is 1. The van der Waals surface area contributed by atoms with Crippen molar-refractivity contribution < 1.29 is 19.1 Å². The summed E-state index contributed by atoms with van der Waals surface area (Å²) in [7, 11) is 0. The number of amides is 1. The van der Waals surface area contributed by atoms with Crippen molar-refractivity contribution in [2.24, 2.45) is 0 Å². The summed E-state index contributed by atoms with van der Waals surface area (Å²) in [5.74, 6) is 0.355. The molecule has 0 saturated heterocycles. The quantitative estimate of drug-likeness (QED) is 0.576. The van der Waals surface area contributed by atoms with Crippen molar-refractivity contribution >= 4 is 28.5 Å². The lowest BCUT2D eigenvalue weighted by atomic mass is 10.1. The molecular weight excluding hydrogens is 422 g/mol. The van der Waals surface area contributed by atoms with Crippen LogP contribution in [0.25, 0.3) is 10.9 Å². The van der Waals surface area contributed by atoms with E-state index in [2.05, 4.69) is 10.3 Å². The van der Waals surface area contributed by atoms with Gasteiger partial charge in [0.1, 0.15) is 11.6 Å². The highest BCUT2D eigenvalue weighted by Gasteiger charge is 2.21. The third-order valence-electron chi connectivity index (χ3n) is 5.64. The Kier molecular flexibility index (Phi) is 6.72. The van der Waals surface area contributed by atoms with E-state index < -0.39 is 18.0 Å². The first kappa shape index (κ1) is 22.5. The normalized spacial score (nSPS) is 14.1. The van der Waals surface area contributed by atoms with Gasteiger partial charge in [-0.2, -0.15) is 0 Å². The van der Waals surface area contributed by atoms with E-state index in [0.29, 0.717) is 35.5 Å². The molecule has 3 aromatic rings. The lowest BCUT2D eigenvalue weighted by Gasteiger charge is -2.14. The van der Waals surface area contributed by atoms with Crippen LogP contribution in [0.15, 0.2) is 47.3 Å². The summed E-state index contributed by atoms with van der Waals surface area (Å²) in [6.45, 7) is 4.63. The summed E-state index contributed by atoms with van der Waals surface area (Å²) in [4.78, 5) is 42.6. The van der Waals surface area contributed by atoms with Crippen LogP contribution < -0.4 is 15.6 Å². The Labute approximate surface area is 191 Å². The van der Waals surface area contributed by atoms with E-state index in [1.54, 1.807) is 41.0 Å². The molecule has 0 fully saturated rings. The van der Waals surface area contributed by atoms with E-state index >= 15 is 0 Å². The van der Waals surface area contributed by atoms with Gasteiger partial charge >= 0.3 is 5.97 Å². The van der Waals surface area contributed by atoms with Crippen molar-refractivity contribution in [3.8, 4) is 5.75 Å². The number of fused-ring (bicyclic) bond motifs is 2. The number of carbonyl (C=O) groups is 2. The molecule has 1 N–H and O–H groups in total. The first-order valence-corrected chi connectivity index (χ1v) is 11.2. The van der Waals surface area contributed by atoms with Gasteiger partial charge in [0.2, 0.25) is 0 Å². The second-order valence-electron chi connectivity index (χ2n) is 8.02. The Balaban J connectivity index is 1.46. The molecule has 1 aliphatic rings. The van der Waals surface area contributed by atoms with Gasteiger partial charge in [-0.25, -0.2) is 9.78 Å². The van der Waals surface area contributed by atoms with Gasteiger partial charge in [0, 0.05) is 18.7 Å². The maximum absolute atomic E-state index is 12.9. The predicted molar refractivity (Wildman–Crippen MR) is 125 cm³/mol. The van der Waals surface area contributed by atoms with Crippen molar-refractivity contribution in [2.75, 3.05) is 11.9 Å². The van der Waals surface area contributed by atoms with Crippen molar-refractivity contribution in [1.82, 2.24) is 9.55 Å². The highest BCUT2D eigenvalue weighted by molar-refractivity contribution is 5.98. The highest BCUT2D eigenvalue weighted by atomic mass is 16.5. The van der Waals surface area contributed by atoms with Crippen LogP contribution in [0.1, 0.15) is 49.3 Å². The smallest absolute Gasteiger partial charge is 0.338 e. The van der Waals surface area contributed by atoms with E-state index in [0.717, 1.165) is 31.5 Å². The number of carbonyl (C=O) groups excluding carboxylic acids is 2. The zero-order valence-electron chi connectivity index (χ0n) is 18.8. The highest BCUT2D eigenvalue weighted by Crippen LogP contribution is 2.18. The Bertz CT molecular complexity index is 1230. The van der Waals surface area contributed by atoms with Gasteiger partial charge in [-0.3, -0.25) is 14.2 Å². The standard InChI is InChI=1S/C25H27N3O5/c1-3-32-19-11-9-18(10-12-19)26-23(29)16(2)33-25(31)17-8-13-20-21(15-17)27-22-7-5-4-6-14-28(22)24(20)30/h8-13,15-16H,3-7,14H2,1-2H3,(H,26,29). The van der Waals surface area contributed by atoms with Crippen LogP contribution in [0, 0.1) is 0 Å². The monoisotopic (exact) mass is 449 g/mol. The number of aromatic nitrogens is 2. The zero-order valence-corrected chi connectivity index (χ0v) is 18.8. The molecule has 172 valence electrons. The van der Waals surface area contributed by atoms with Crippen LogP contribution >= 0.6 is 0 Å². The Morgan fingerprint density at radius 1 is 1.12 bits per heavy atom. The van der Waals surface area contributed by atoms with Crippen LogP contribution in [0.2, 0.25) is 0 Å². The van der Waals surface area contributed by atoms with E-state index in [-0.39, 0.29) is 11.1 Å². The van der Waals surface area contributed by atoms with Crippen LogP contribution in [-0.4, -0.2) is 34.1 Å². The minimum absolute atomic E-state index is 0.0834. The van der Waals surface area contributed by atoms with Crippen LogP contribution in [0.3, 0.4) is 0 Å². The molecule has 0 spiro atoms. The number of benzene rings is 2. The molecule has 0 radical (unpaired) electrons. The SMILES string of the molecule is CCOc1ccc(NC(=O)C(C)OC(=O)c2ccc3c(=O)n4c(nc3c2)CCCCC4)cc1. The van der Waals surface area contributed by atoms with E-state index in [9.17, 15) is 14.4 Å². The van der Waals surface area contributed by atoms with Crippen LogP contribution in [0.5, 0.6) is 5.75 Å². The van der Waals surface area contributed by atoms with E-state index in [1.165, 1.54) is 13.0 Å². The van der Waals surface area contributed by atoms with Crippen molar-refractivity contribution in [2.45, 2.75) is 52.2 Å². The molecule has 0 saturated carbocycles. The second-order valence-corrected chi connectivity index (χ2v) is 8.02. The maximum Gasteiger partial charge on any atom is 0.338 e. The summed E-state index contributed by atoms with van der Waals surface area (Å²) in [5.41, 5.74) is 1.20. The van der Waals surface area contributed by atoms with Gasteiger partial charge in [0.15, 0.2) is 6.10 Å². The Hall–Kier alpha value is -3.68. The van der Waals surface area contributed by atoms with Crippen molar-refractivity contribution in [3.63, 3.8) is 0 Å². The van der Waals surface area contributed by atoms with Gasteiger partial charge in [0.25, 0.3) is 11.5 Å². The number of hydrogen-bond donors (Lipinski definition) is 1. The molecule has 0 aliphatic carbocycles. The first-order valence-electron chi connectivity index (χ1n) is 11.2. The fourth-order valence-corrected chi connectivity index (χ4v) is 3.87. The lowest BCUT2D eigenvalue weighted by Crippen LogP contribution is -2.30. The largest absolute Gasteiger partial charge is 0.494 e. The molecule has 33 heavy (non-hydrogen) atoms. The summed E-state index contributed by atoms with van der Waals surface area (Å²) in [6.07, 6.45) is 2.74. The van der Waals surface area contributed by atoms with Crippen LogP contribution in [-0.2, 0) is 22.5 Å². The molecule has 4 rings (SSSR count). The molecule has 1 unspecified atom stereocenters. The Morgan fingerprint density at radius 2 is 1.91 bits per heavy atom. The minimum atomic E-state index is -1.01. The number of aryl methyl sites for hydroxylation is 1. The van der Waals surface area contributed by atoms with Gasteiger partial charge < -0.3 is 14.8 Å². The number of anilines is 1. The van der Waals surface area contributed by atoms with Gasteiger partial charge in [-0.15, -0.1) is 0 Å². The number of nitrogens with zero attached hydrogens (tertiary/aromatic N) is 2. The van der Waals surface area contributed by atoms with Crippen molar-refractivity contribution in [3.05, 3.63) is 64.2 Å². The summed E-state index contributed by atoms with van der Waals surface area (Å²) >= 11 is 0. The second kappa shape index (κ2) is 9.85. The molecule has 1 aromatic heterocycles. The third-order valence-corrected chi connectivity index (χ3v) is 5.64. The molecule has 1 amide bonds. The maximum atomic E-state index is 12.9. The minimum Gasteiger partial charge on any atom is -0.494 e. The number of rotatable bonds is 6. The molecular formula is C25H27N3O5. The molecule has 8 nitrogen and oxygen atoms in total. The topological polar surface area (TPSA) is 99.5 Å². The van der Waals surface area contributed by atoms with Gasteiger partial charge in [-0.05, 0) is 69.2 Å². The van der Waals surface area contributed by atoms with E-state index in [4.69, 9.17) is 9.47 Å². The number of ether oxygens (including phenoxy) is 2. The molecule has 2 aromatic carbocycles. The molecule has 0 bridgehead atoms. The average molecular weight is 450 g/mol. The summed E-state index contributed by atoms with van der Waals surface area (Å²) in [5, 5.41) is 3.19. The molecule has 1 aliphatic heterocycles. The van der Waals surface area contributed by atoms with Gasteiger partial charge in [-0.1, -0.05) is 6.42 Å². The number of hydrogen-bond acceptors (Lipinski definition) is 6.